The Hall–Kier alpha value is -1.88. The highest BCUT2D eigenvalue weighted by Gasteiger charge is 2.36. The molecule has 1 heterocycles. The molecule has 1 saturated heterocycles. The summed E-state index contributed by atoms with van der Waals surface area (Å²) in [5.41, 5.74) is 1.10. The number of hydrogen-bond donors (Lipinski definition) is 2. The van der Waals surface area contributed by atoms with Crippen LogP contribution in [0, 0.1) is 5.92 Å². The molecule has 0 saturated carbocycles. The molecule has 1 aromatic rings. The van der Waals surface area contributed by atoms with E-state index in [2.05, 4.69) is 10.6 Å². The molecule has 2 rings (SSSR count). The molecule has 5 heteroatoms. The zero-order valence-corrected chi connectivity index (χ0v) is 13.3. The Morgan fingerprint density at radius 2 is 2.05 bits per heavy atom. The summed E-state index contributed by atoms with van der Waals surface area (Å²) in [6, 6.07) is 9.95. The third-order valence-electron chi connectivity index (χ3n) is 4.18. The van der Waals surface area contributed by atoms with E-state index in [1.165, 1.54) is 0 Å². The van der Waals surface area contributed by atoms with Gasteiger partial charge in [-0.2, -0.15) is 0 Å². The van der Waals surface area contributed by atoms with E-state index in [0.717, 1.165) is 18.5 Å². The molecule has 0 aliphatic carbocycles. The van der Waals surface area contributed by atoms with Crippen molar-refractivity contribution in [3.05, 3.63) is 35.9 Å². The number of nitrogens with one attached hydrogen (secondary N) is 2. The standard InChI is InChI=1S/C17H25N3O2/c1-13(14-7-4-3-5-8-14)20-12-15(11-16(20)21)17(22)19-10-6-9-18-2/h3-5,7-8,13,15,18H,6,9-12H2,1-2H3,(H,19,22). The highest BCUT2D eigenvalue weighted by atomic mass is 16.2. The number of amides is 2. The van der Waals surface area contributed by atoms with Gasteiger partial charge in [0.2, 0.25) is 11.8 Å². The maximum Gasteiger partial charge on any atom is 0.225 e. The predicted molar refractivity (Wildman–Crippen MR) is 86.2 cm³/mol. The van der Waals surface area contributed by atoms with Crippen LogP contribution in [0.3, 0.4) is 0 Å². The first-order chi connectivity index (χ1) is 10.6. The van der Waals surface area contributed by atoms with Crippen molar-refractivity contribution < 1.29 is 9.59 Å². The number of rotatable bonds is 7. The molecule has 1 aromatic carbocycles. The highest BCUT2D eigenvalue weighted by Crippen LogP contribution is 2.28. The van der Waals surface area contributed by atoms with Gasteiger partial charge in [-0.3, -0.25) is 9.59 Å². The minimum Gasteiger partial charge on any atom is -0.356 e. The van der Waals surface area contributed by atoms with Crippen molar-refractivity contribution in [1.82, 2.24) is 15.5 Å². The molecule has 22 heavy (non-hydrogen) atoms. The minimum absolute atomic E-state index is 0.00721. The van der Waals surface area contributed by atoms with E-state index in [9.17, 15) is 9.59 Å². The van der Waals surface area contributed by atoms with Crippen LogP contribution in [-0.2, 0) is 9.59 Å². The quantitative estimate of drug-likeness (QED) is 0.747. The van der Waals surface area contributed by atoms with E-state index in [1.54, 1.807) is 0 Å². The fourth-order valence-electron chi connectivity index (χ4n) is 2.81. The van der Waals surface area contributed by atoms with Gasteiger partial charge in [-0.1, -0.05) is 30.3 Å². The van der Waals surface area contributed by atoms with Crippen LogP contribution >= 0.6 is 0 Å². The molecule has 0 spiro atoms. The third-order valence-corrected chi connectivity index (χ3v) is 4.18. The molecule has 1 aliphatic rings. The van der Waals surface area contributed by atoms with Gasteiger partial charge >= 0.3 is 0 Å². The van der Waals surface area contributed by atoms with Crippen molar-refractivity contribution in [2.75, 3.05) is 26.7 Å². The molecule has 0 aromatic heterocycles. The molecule has 2 amide bonds. The van der Waals surface area contributed by atoms with Crippen LogP contribution in [0.15, 0.2) is 30.3 Å². The average molecular weight is 303 g/mol. The van der Waals surface area contributed by atoms with Gasteiger partial charge in [-0.15, -0.1) is 0 Å². The summed E-state index contributed by atoms with van der Waals surface area (Å²) >= 11 is 0. The lowest BCUT2D eigenvalue weighted by atomic mass is 10.1. The smallest absolute Gasteiger partial charge is 0.225 e. The van der Waals surface area contributed by atoms with Crippen LogP contribution < -0.4 is 10.6 Å². The zero-order chi connectivity index (χ0) is 15.9. The van der Waals surface area contributed by atoms with Crippen molar-refractivity contribution in [1.29, 1.82) is 0 Å². The molecule has 1 aliphatic heterocycles. The number of carbonyl (C=O) groups is 2. The monoisotopic (exact) mass is 303 g/mol. The van der Waals surface area contributed by atoms with Gasteiger partial charge in [0.15, 0.2) is 0 Å². The van der Waals surface area contributed by atoms with Gasteiger partial charge in [0.1, 0.15) is 0 Å². The molecule has 5 nitrogen and oxygen atoms in total. The van der Waals surface area contributed by atoms with E-state index in [-0.39, 0.29) is 23.8 Å². The lowest BCUT2D eigenvalue weighted by molar-refractivity contribution is -0.130. The Morgan fingerprint density at radius 3 is 2.73 bits per heavy atom. The van der Waals surface area contributed by atoms with E-state index in [0.29, 0.717) is 19.5 Å². The summed E-state index contributed by atoms with van der Waals surface area (Å²) in [5.74, 6) is -0.174. The Kier molecular flexibility index (Phi) is 5.95. The average Bonchev–Trinajstić information content (AvgIpc) is 2.93. The van der Waals surface area contributed by atoms with Crippen LogP contribution in [0.1, 0.15) is 31.4 Å². The van der Waals surface area contributed by atoms with Gasteiger partial charge in [0, 0.05) is 19.5 Å². The van der Waals surface area contributed by atoms with Crippen LogP contribution in [0.4, 0.5) is 0 Å². The van der Waals surface area contributed by atoms with Crippen LogP contribution in [0.5, 0.6) is 0 Å². The lowest BCUT2D eigenvalue weighted by Gasteiger charge is -2.25. The van der Waals surface area contributed by atoms with Crippen molar-refractivity contribution >= 4 is 11.8 Å². The van der Waals surface area contributed by atoms with Crippen LogP contribution in [-0.4, -0.2) is 43.4 Å². The number of hydrogen-bond acceptors (Lipinski definition) is 3. The summed E-state index contributed by atoms with van der Waals surface area (Å²) in [5, 5.41) is 5.97. The van der Waals surface area contributed by atoms with E-state index >= 15 is 0 Å². The second-order valence-corrected chi connectivity index (χ2v) is 5.78. The first kappa shape index (κ1) is 16.5. The molecule has 0 radical (unpaired) electrons. The molecule has 1 fully saturated rings. The maximum atomic E-state index is 12.2. The van der Waals surface area contributed by atoms with E-state index in [4.69, 9.17) is 0 Å². The van der Waals surface area contributed by atoms with Crippen LogP contribution in [0.2, 0.25) is 0 Å². The molecule has 2 N–H and O–H groups in total. The van der Waals surface area contributed by atoms with Crippen molar-refractivity contribution in [2.24, 2.45) is 5.92 Å². The SMILES string of the molecule is CNCCCNC(=O)C1CC(=O)N(C(C)c2ccccc2)C1. The summed E-state index contributed by atoms with van der Waals surface area (Å²) in [7, 11) is 1.89. The summed E-state index contributed by atoms with van der Waals surface area (Å²) in [6.07, 6.45) is 1.21. The predicted octanol–water partition coefficient (Wildman–Crippen LogP) is 1.32. The molecular weight excluding hydrogens is 278 g/mol. The molecule has 2 atom stereocenters. The Labute approximate surface area is 132 Å². The number of carbonyl (C=O) groups excluding carboxylic acids is 2. The molecular formula is C17H25N3O2. The normalized spacial score (nSPS) is 19.3. The number of likely N-dealkylation sites (tertiary alicyclic amines) is 1. The largest absolute Gasteiger partial charge is 0.356 e. The third kappa shape index (κ3) is 4.07. The molecule has 0 bridgehead atoms. The minimum atomic E-state index is -0.228. The fourth-order valence-corrected chi connectivity index (χ4v) is 2.81. The number of benzene rings is 1. The second-order valence-electron chi connectivity index (χ2n) is 5.78. The summed E-state index contributed by atoms with van der Waals surface area (Å²) in [4.78, 5) is 26.2. The van der Waals surface area contributed by atoms with Gasteiger partial charge in [-0.05, 0) is 32.5 Å². The number of nitrogens with zero attached hydrogens (tertiary/aromatic N) is 1. The Morgan fingerprint density at radius 1 is 1.32 bits per heavy atom. The molecule has 2 unspecified atom stereocenters. The lowest BCUT2D eigenvalue weighted by Crippen LogP contribution is -2.34. The van der Waals surface area contributed by atoms with Crippen LogP contribution in [0.25, 0.3) is 0 Å². The highest BCUT2D eigenvalue weighted by molar-refractivity contribution is 5.89. The van der Waals surface area contributed by atoms with Gasteiger partial charge in [-0.25, -0.2) is 0 Å². The second kappa shape index (κ2) is 7.94. The van der Waals surface area contributed by atoms with Gasteiger partial charge in [0.05, 0.1) is 12.0 Å². The Bertz CT molecular complexity index is 504. The van der Waals surface area contributed by atoms with Crippen molar-refractivity contribution in [3.63, 3.8) is 0 Å². The maximum absolute atomic E-state index is 12.2. The fraction of sp³-hybridized carbons (Fsp3) is 0.529. The topological polar surface area (TPSA) is 61.4 Å². The first-order valence-corrected chi connectivity index (χ1v) is 7.90. The van der Waals surface area contributed by atoms with E-state index < -0.39 is 0 Å². The Balaban J connectivity index is 1.89. The van der Waals surface area contributed by atoms with E-state index in [1.807, 2.05) is 49.2 Å². The molecule has 120 valence electrons. The first-order valence-electron chi connectivity index (χ1n) is 7.90. The zero-order valence-electron chi connectivity index (χ0n) is 13.3. The van der Waals surface area contributed by atoms with Crippen molar-refractivity contribution in [2.45, 2.75) is 25.8 Å². The van der Waals surface area contributed by atoms with Gasteiger partial charge < -0.3 is 15.5 Å². The summed E-state index contributed by atoms with van der Waals surface area (Å²) < 4.78 is 0. The van der Waals surface area contributed by atoms with Gasteiger partial charge in [0.25, 0.3) is 0 Å². The summed E-state index contributed by atoms with van der Waals surface area (Å²) in [6.45, 7) is 4.05. The van der Waals surface area contributed by atoms with Crippen molar-refractivity contribution in [3.8, 4) is 0 Å².